The summed E-state index contributed by atoms with van der Waals surface area (Å²) < 4.78 is 22.0. The summed E-state index contributed by atoms with van der Waals surface area (Å²) in [5.41, 5.74) is 0. The molecule has 1 atom stereocenters. The van der Waals surface area contributed by atoms with E-state index in [1.165, 1.54) is 0 Å². The molecule has 0 saturated carbocycles. The molecule has 0 aromatic heterocycles. The van der Waals surface area contributed by atoms with E-state index in [0.717, 1.165) is 7.11 Å². The molecule has 0 heterocycles. The van der Waals surface area contributed by atoms with Crippen LogP contribution < -0.4 is 51.4 Å². The topological polar surface area (TPSA) is 49.4 Å². The van der Waals surface area contributed by atoms with Gasteiger partial charge in [-0.15, -0.1) is 0 Å². The van der Waals surface area contributed by atoms with Gasteiger partial charge >= 0.3 is 51.4 Å². The standard InChI is InChI=1S/CH4O3S.K.H/c1-4-5(2)3;;/h1H3,(H,2,3);;/q;+1;-1/p-1. The largest absolute Gasteiger partial charge is 1.00 e. The van der Waals surface area contributed by atoms with E-state index in [-0.39, 0.29) is 52.8 Å². The maximum atomic E-state index is 9.15. The van der Waals surface area contributed by atoms with Crippen LogP contribution in [0.2, 0.25) is 0 Å². The quantitative estimate of drug-likeness (QED) is 0.277. The Morgan fingerprint density at radius 3 is 2.17 bits per heavy atom. The Kier molecular flexibility index (Phi) is 11.9. The Morgan fingerprint density at radius 1 is 2.00 bits per heavy atom. The van der Waals surface area contributed by atoms with Crippen molar-refractivity contribution in [3.05, 3.63) is 0 Å². The summed E-state index contributed by atoms with van der Waals surface area (Å²) in [4.78, 5) is 0. The number of hydrogen-bond donors (Lipinski definition) is 0. The van der Waals surface area contributed by atoms with Gasteiger partial charge in [0.15, 0.2) is 0 Å². The minimum Gasteiger partial charge on any atom is -1.00 e. The molecule has 3 nitrogen and oxygen atoms in total. The summed E-state index contributed by atoms with van der Waals surface area (Å²) >= 11 is -2.32. The molecule has 0 saturated heterocycles. The van der Waals surface area contributed by atoms with E-state index in [9.17, 15) is 0 Å². The van der Waals surface area contributed by atoms with E-state index in [2.05, 4.69) is 4.18 Å². The first-order valence-corrected chi connectivity index (χ1v) is 1.91. The minimum absolute atomic E-state index is 0. The summed E-state index contributed by atoms with van der Waals surface area (Å²) in [6.07, 6.45) is 0. The third kappa shape index (κ3) is 9.20. The van der Waals surface area contributed by atoms with Gasteiger partial charge in [-0.2, -0.15) is 0 Å². The van der Waals surface area contributed by atoms with Gasteiger partial charge in [-0.05, 0) is 0 Å². The van der Waals surface area contributed by atoms with Crippen LogP contribution in [0, 0.1) is 0 Å². The average Bonchev–Trinajstić information content (AvgIpc) is 1.38. The van der Waals surface area contributed by atoms with Gasteiger partial charge in [0.25, 0.3) is 0 Å². The van der Waals surface area contributed by atoms with Gasteiger partial charge in [0.1, 0.15) is 0 Å². The molecule has 0 rings (SSSR count). The van der Waals surface area contributed by atoms with Gasteiger partial charge in [-0.1, -0.05) is 0 Å². The summed E-state index contributed by atoms with van der Waals surface area (Å²) in [6, 6.07) is 0. The molecule has 0 bridgehead atoms. The second-order valence-corrected chi connectivity index (χ2v) is 1.11. The first-order valence-electron chi connectivity index (χ1n) is 0.908. The second kappa shape index (κ2) is 6.71. The molecule has 0 aliphatic carbocycles. The second-order valence-electron chi connectivity index (χ2n) is 0.371. The minimum atomic E-state index is -2.32. The Bertz CT molecular complexity index is 50.2. The third-order valence-electron chi connectivity index (χ3n) is 0.136. The van der Waals surface area contributed by atoms with Crippen molar-refractivity contribution in [3.63, 3.8) is 0 Å². The van der Waals surface area contributed by atoms with Gasteiger partial charge < -0.3 is 10.2 Å². The summed E-state index contributed by atoms with van der Waals surface area (Å²) in [5.74, 6) is 0. The number of hydrogen-bond acceptors (Lipinski definition) is 3. The van der Waals surface area contributed by atoms with Crippen molar-refractivity contribution in [1.82, 2.24) is 0 Å². The van der Waals surface area contributed by atoms with Crippen molar-refractivity contribution in [2.45, 2.75) is 0 Å². The maximum Gasteiger partial charge on any atom is 1.00 e. The van der Waals surface area contributed by atoms with E-state index in [0.29, 0.717) is 0 Å². The molecule has 0 spiro atoms. The summed E-state index contributed by atoms with van der Waals surface area (Å²) in [7, 11) is 1.09. The fourth-order valence-corrected chi connectivity index (χ4v) is 0. The smallest absolute Gasteiger partial charge is 1.00 e. The molecule has 6 heavy (non-hydrogen) atoms. The molecule has 0 aromatic rings. The molecular weight excluding hydrogens is 131 g/mol. The predicted molar refractivity (Wildman–Crippen MR) is 17.0 cm³/mol. The van der Waals surface area contributed by atoms with Crippen molar-refractivity contribution in [2.75, 3.05) is 7.11 Å². The van der Waals surface area contributed by atoms with Crippen molar-refractivity contribution in [1.29, 1.82) is 0 Å². The van der Waals surface area contributed by atoms with Crippen molar-refractivity contribution >= 4 is 11.4 Å². The first-order chi connectivity index (χ1) is 2.27. The van der Waals surface area contributed by atoms with Crippen LogP contribution in [-0.2, 0) is 15.5 Å². The zero-order chi connectivity index (χ0) is 4.28. The van der Waals surface area contributed by atoms with E-state index >= 15 is 0 Å². The molecule has 0 aliphatic rings. The van der Waals surface area contributed by atoms with Gasteiger partial charge in [0, 0.05) is 0 Å². The Labute approximate surface area is 82.8 Å². The van der Waals surface area contributed by atoms with Crippen LogP contribution in [0.4, 0.5) is 0 Å². The molecule has 5 heteroatoms. The Balaban J connectivity index is -0.0000000800. The molecule has 0 radical (unpaired) electrons. The summed E-state index contributed by atoms with van der Waals surface area (Å²) in [6.45, 7) is 0. The first kappa shape index (κ1) is 10.6. The SMILES string of the molecule is COS(=O)[O-].[H-].[K+]. The van der Waals surface area contributed by atoms with Crippen LogP contribution in [0.5, 0.6) is 0 Å². The van der Waals surface area contributed by atoms with Crippen LogP contribution >= 0.6 is 0 Å². The molecule has 0 N–H and O–H groups in total. The van der Waals surface area contributed by atoms with Gasteiger partial charge in [0.2, 0.25) is 0 Å². The van der Waals surface area contributed by atoms with Crippen molar-refractivity contribution < 1.29 is 65.8 Å². The maximum absolute atomic E-state index is 9.15. The molecule has 0 amide bonds. The van der Waals surface area contributed by atoms with E-state index in [1.807, 2.05) is 0 Å². The van der Waals surface area contributed by atoms with Crippen LogP contribution in [0.15, 0.2) is 0 Å². The van der Waals surface area contributed by atoms with Crippen LogP contribution in [0.1, 0.15) is 1.43 Å². The Hall–Kier alpha value is 1.71. The summed E-state index contributed by atoms with van der Waals surface area (Å²) in [5, 5.41) is 0. The predicted octanol–water partition coefficient (Wildman–Crippen LogP) is -3.46. The van der Waals surface area contributed by atoms with Crippen LogP contribution in [0.25, 0.3) is 0 Å². The zero-order valence-electron chi connectivity index (χ0n) is 4.63. The Morgan fingerprint density at radius 2 is 2.17 bits per heavy atom. The van der Waals surface area contributed by atoms with Crippen molar-refractivity contribution in [2.24, 2.45) is 0 Å². The molecule has 34 valence electrons. The van der Waals surface area contributed by atoms with E-state index < -0.39 is 11.4 Å². The molecule has 0 aliphatic heterocycles. The fraction of sp³-hybridized carbons (Fsp3) is 1.00. The molecule has 1 unspecified atom stereocenters. The molecule has 0 fully saturated rings. The van der Waals surface area contributed by atoms with Crippen LogP contribution in [0.3, 0.4) is 0 Å². The van der Waals surface area contributed by atoms with Crippen molar-refractivity contribution in [3.8, 4) is 0 Å². The van der Waals surface area contributed by atoms with Gasteiger partial charge in [-0.3, -0.25) is 0 Å². The van der Waals surface area contributed by atoms with Gasteiger partial charge in [-0.25, -0.2) is 4.21 Å². The average molecular weight is 135 g/mol. The van der Waals surface area contributed by atoms with E-state index in [1.54, 1.807) is 0 Å². The van der Waals surface area contributed by atoms with Crippen LogP contribution in [-0.4, -0.2) is 15.9 Å². The monoisotopic (exact) mass is 135 g/mol. The number of rotatable bonds is 1. The third-order valence-corrected chi connectivity index (χ3v) is 0.408. The van der Waals surface area contributed by atoms with Gasteiger partial charge in [0.05, 0.1) is 18.5 Å². The zero-order valence-corrected chi connectivity index (χ0v) is 7.57. The van der Waals surface area contributed by atoms with E-state index in [4.69, 9.17) is 8.76 Å². The molecular formula is CH4KO3S-. The normalized spacial score (nSPS) is 12.3. The molecule has 0 aromatic carbocycles. The fourth-order valence-electron chi connectivity index (χ4n) is 0.